The van der Waals surface area contributed by atoms with Gasteiger partial charge in [0.1, 0.15) is 0 Å². The van der Waals surface area contributed by atoms with Crippen LogP contribution in [-0.2, 0) is 4.74 Å². The van der Waals surface area contributed by atoms with Crippen molar-refractivity contribution in [2.75, 3.05) is 32.8 Å². The fraction of sp³-hybridized carbons (Fsp3) is 0.357. The molecular formula is C28H30N6O2. The normalized spacial score (nSPS) is 17.2. The van der Waals surface area contributed by atoms with Crippen LogP contribution in [0.1, 0.15) is 52.1 Å². The minimum Gasteiger partial charge on any atom is -0.379 e. The quantitative estimate of drug-likeness (QED) is 0.431. The van der Waals surface area contributed by atoms with Gasteiger partial charge in [-0.05, 0) is 43.5 Å². The van der Waals surface area contributed by atoms with Gasteiger partial charge < -0.3 is 10.1 Å². The molecule has 1 saturated heterocycles. The lowest BCUT2D eigenvalue weighted by molar-refractivity contribution is 0.0162. The summed E-state index contributed by atoms with van der Waals surface area (Å²) in [5.74, 6) is 1.000. The highest BCUT2D eigenvalue weighted by Gasteiger charge is 2.30. The molecule has 1 N–H and O–H groups in total. The summed E-state index contributed by atoms with van der Waals surface area (Å²) in [5, 5.41) is 8.76. The molecule has 0 spiro atoms. The number of nitrogens with one attached hydrogen (secondary N) is 1. The summed E-state index contributed by atoms with van der Waals surface area (Å²) in [7, 11) is 0. The molecule has 2 aliphatic rings. The maximum absolute atomic E-state index is 13.7. The van der Waals surface area contributed by atoms with Gasteiger partial charge in [0, 0.05) is 37.4 Å². The third kappa shape index (κ3) is 4.50. The largest absolute Gasteiger partial charge is 0.379 e. The molecule has 4 aromatic rings. The van der Waals surface area contributed by atoms with Gasteiger partial charge in [-0.15, -0.1) is 0 Å². The third-order valence-electron chi connectivity index (χ3n) is 7.07. The summed E-state index contributed by atoms with van der Waals surface area (Å²) >= 11 is 0. The van der Waals surface area contributed by atoms with E-state index in [1.165, 1.54) is 5.56 Å². The highest BCUT2D eigenvalue weighted by atomic mass is 16.5. The van der Waals surface area contributed by atoms with E-state index in [0.29, 0.717) is 42.7 Å². The molecule has 8 nitrogen and oxygen atoms in total. The number of pyridine rings is 2. The van der Waals surface area contributed by atoms with Crippen LogP contribution < -0.4 is 5.32 Å². The van der Waals surface area contributed by atoms with E-state index in [4.69, 9.17) is 14.8 Å². The predicted molar refractivity (Wildman–Crippen MR) is 137 cm³/mol. The zero-order valence-electron chi connectivity index (χ0n) is 20.4. The van der Waals surface area contributed by atoms with Gasteiger partial charge in [-0.2, -0.15) is 9.78 Å². The van der Waals surface area contributed by atoms with Crippen LogP contribution in [0.3, 0.4) is 0 Å². The van der Waals surface area contributed by atoms with Gasteiger partial charge in [0.05, 0.1) is 35.9 Å². The number of amides is 1. The van der Waals surface area contributed by atoms with Crippen molar-refractivity contribution in [2.45, 2.75) is 31.7 Å². The number of aromatic nitrogens is 4. The molecule has 1 aliphatic carbocycles. The molecule has 8 heteroatoms. The number of ether oxygens (including phenoxy) is 1. The van der Waals surface area contributed by atoms with Gasteiger partial charge in [0.25, 0.3) is 5.91 Å². The minimum absolute atomic E-state index is 0.0802. The number of rotatable bonds is 7. The van der Waals surface area contributed by atoms with E-state index in [1.807, 2.05) is 49.4 Å². The molecule has 1 amide bonds. The number of aryl methyl sites for hydroxylation is 1. The molecule has 1 aliphatic heterocycles. The van der Waals surface area contributed by atoms with E-state index in [1.54, 1.807) is 10.9 Å². The van der Waals surface area contributed by atoms with Gasteiger partial charge in [0.15, 0.2) is 11.5 Å². The minimum atomic E-state index is -0.0952. The Morgan fingerprint density at radius 3 is 2.61 bits per heavy atom. The number of nitrogens with zero attached hydrogens (tertiary/aromatic N) is 5. The van der Waals surface area contributed by atoms with Crippen LogP contribution in [0.4, 0.5) is 0 Å². The highest BCUT2D eigenvalue weighted by molar-refractivity contribution is 6.06. The molecular weight excluding hydrogens is 452 g/mol. The van der Waals surface area contributed by atoms with Crippen LogP contribution in [0.5, 0.6) is 0 Å². The van der Waals surface area contributed by atoms with Crippen LogP contribution in [0.2, 0.25) is 0 Å². The van der Waals surface area contributed by atoms with E-state index in [0.717, 1.165) is 42.7 Å². The molecule has 1 unspecified atom stereocenters. The van der Waals surface area contributed by atoms with Crippen LogP contribution in [-0.4, -0.2) is 63.4 Å². The first-order valence-corrected chi connectivity index (χ1v) is 12.7. The lowest BCUT2D eigenvalue weighted by atomic mass is 10.0. The number of morpholine rings is 1. The summed E-state index contributed by atoms with van der Waals surface area (Å²) in [5.41, 5.74) is 4.24. The van der Waals surface area contributed by atoms with Gasteiger partial charge in [-0.3, -0.25) is 9.69 Å². The molecule has 1 saturated carbocycles. The van der Waals surface area contributed by atoms with Crippen LogP contribution in [0.25, 0.3) is 16.9 Å². The maximum atomic E-state index is 13.7. The zero-order chi connectivity index (χ0) is 24.5. The van der Waals surface area contributed by atoms with Gasteiger partial charge in [-0.25, -0.2) is 9.97 Å². The summed E-state index contributed by atoms with van der Waals surface area (Å²) in [6.07, 6.45) is 3.94. The second kappa shape index (κ2) is 9.79. The molecule has 6 rings (SSSR count). The first-order valence-electron chi connectivity index (χ1n) is 12.7. The summed E-state index contributed by atoms with van der Waals surface area (Å²) in [6.45, 7) is 5.54. The van der Waals surface area contributed by atoms with Crippen molar-refractivity contribution in [2.24, 2.45) is 0 Å². The van der Waals surface area contributed by atoms with Crippen molar-refractivity contribution in [3.05, 3.63) is 83.3 Å². The van der Waals surface area contributed by atoms with E-state index in [-0.39, 0.29) is 11.9 Å². The van der Waals surface area contributed by atoms with Crippen molar-refractivity contribution in [3.63, 3.8) is 0 Å². The molecule has 3 aromatic heterocycles. The lowest BCUT2D eigenvalue weighted by Gasteiger charge is -2.35. The number of carbonyl (C=O) groups excluding carboxylic acids is 1. The SMILES string of the molecule is Cc1nn(-c2ccccn2)c2nc(C3CC3)cc(C(=O)NCC(c3ccccc3)N3CCOCC3)c12. The van der Waals surface area contributed by atoms with Crippen molar-refractivity contribution in [3.8, 4) is 5.82 Å². The number of benzene rings is 1. The van der Waals surface area contributed by atoms with Crippen molar-refractivity contribution < 1.29 is 9.53 Å². The molecule has 4 heterocycles. The zero-order valence-corrected chi connectivity index (χ0v) is 20.4. The lowest BCUT2D eigenvalue weighted by Crippen LogP contribution is -2.43. The summed E-state index contributed by atoms with van der Waals surface area (Å²) < 4.78 is 7.33. The van der Waals surface area contributed by atoms with E-state index in [2.05, 4.69) is 27.3 Å². The average molecular weight is 483 g/mol. The smallest absolute Gasteiger partial charge is 0.252 e. The Labute approximate surface area is 210 Å². The van der Waals surface area contributed by atoms with Crippen LogP contribution in [0.15, 0.2) is 60.8 Å². The van der Waals surface area contributed by atoms with Crippen LogP contribution in [0, 0.1) is 6.92 Å². The molecule has 2 fully saturated rings. The molecule has 0 bridgehead atoms. The predicted octanol–water partition coefficient (Wildman–Crippen LogP) is 3.80. The number of carbonyl (C=O) groups is 1. The summed E-state index contributed by atoms with van der Waals surface area (Å²) in [6, 6.07) is 18.1. The molecule has 184 valence electrons. The second-order valence-corrected chi connectivity index (χ2v) is 9.54. The van der Waals surface area contributed by atoms with Crippen LogP contribution >= 0.6 is 0 Å². The molecule has 0 radical (unpaired) electrons. The van der Waals surface area contributed by atoms with Crippen molar-refractivity contribution in [1.82, 2.24) is 30.0 Å². The molecule has 1 atom stereocenters. The Hall–Kier alpha value is -3.62. The average Bonchev–Trinajstić information content (AvgIpc) is 3.73. The van der Waals surface area contributed by atoms with Crippen molar-refractivity contribution in [1.29, 1.82) is 0 Å². The maximum Gasteiger partial charge on any atom is 0.252 e. The van der Waals surface area contributed by atoms with Gasteiger partial charge >= 0.3 is 0 Å². The topological polar surface area (TPSA) is 85.2 Å². The second-order valence-electron chi connectivity index (χ2n) is 9.54. The monoisotopic (exact) mass is 482 g/mol. The van der Waals surface area contributed by atoms with Crippen molar-refractivity contribution >= 4 is 16.9 Å². The molecule has 1 aromatic carbocycles. The first kappa shape index (κ1) is 22.8. The number of fused-ring (bicyclic) bond motifs is 1. The van der Waals surface area contributed by atoms with Gasteiger partial charge in [-0.1, -0.05) is 36.4 Å². The Balaban J connectivity index is 1.34. The first-order chi connectivity index (χ1) is 17.7. The van der Waals surface area contributed by atoms with E-state index >= 15 is 0 Å². The highest BCUT2D eigenvalue weighted by Crippen LogP contribution is 2.40. The third-order valence-corrected chi connectivity index (χ3v) is 7.07. The van der Waals surface area contributed by atoms with Gasteiger partial charge in [0.2, 0.25) is 0 Å². The fourth-order valence-corrected chi connectivity index (χ4v) is 5.02. The standard InChI is InChI=1S/C28H30N6O2/c1-19-26-22(17-23(20-10-11-20)31-27(26)34(32-19)25-9-5-6-12-29-25)28(35)30-18-24(21-7-3-2-4-8-21)33-13-15-36-16-14-33/h2-9,12,17,20,24H,10-11,13-16,18H2,1H3,(H,30,35). The Bertz CT molecular complexity index is 1360. The summed E-state index contributed by atoms with van der Waals surface area (Å²) in [4.78, 5) is 25.5. The number of hydrogen-bond acceptors (Lipinski definition) is 6. The van der Waals surface area contributed by atoms with E-state index in [9.17, 15) is 4.79 Å². The Morgan fingerprint density at radius 1 is 1.11 bits per heavy atom. The van der Waals surface area contributed by atoms with E-state index < -0.39 is 0 Å². The Morgan fingerprint density at radius 2 is 1.89 bits per heavy atom. The fourth-order valence-electron chi connectivity index (χ4n) is 5.02. The number of hydrogen-bond donors (Lipinski definition) is 1. The Kier molecular flexibility index (Phi) is 6.21. The molecule has 36 heavy (non-hydrogen) atoms.